The van der Waals surface area contributed by atoms with Gasteiger partial charge in [-0.2, -0.15) is 0 Å². The smallest absolute Gasteiger partial charge is 0.165 e. The van der Waals surface area contributed by atoms with Gasteiger partial charge in [0.2, 0.25) is 0 Å². The van der Waals surface area contributed by atoms with E-state index in [1.807, 2.05) is 0 Å². The van der Waals surface area contributed by atoms with Crippen LogP contribution in [0.4, 0.5) is 0 Å². The van der Waals surface area contributed by atoms with Crippen LogP contribution in [0.3, 0.4) is 0 Å². The molecular weight excluding hydrogens is 140 g/mol. The van der Waals surface area contributed by atoms with Gasteiger partial charge in [0.05, 0.1) is 6.26 Å². The molecule has 0 spiro atoms. The lowest BCUT2D eigenvalue weighted by Gasteiger charge is -2.35. The van der Waals surface area contributed by atoms with Gasteiger partial charge in [-0.1, -0.05) is 0 Å². The van der Waals surface area contributed by atoms with E-state index in [2.05, 4.69) is 0 Å². The first-order valence-electron chi connectivity index (χ1n) is 4.21. The van der Waals surface area contributed by atoms with Crippen molar-refractivity contribution < 1.29 is 9.90 Å². The Balaban J connectivity index is 2.30. The molecule has 0 aliphatic heterocycles. The molecule has 2 nitrogen and oxygen atoms in total. The zero-order valence-corrected chi connectivity index (χ0v) is 6.42. The van der Waals surface area contributed by atoms with Crippen molar-refractivity contribution in [1.29, 1.82) is 0 Å². The number of allylic oxidation sites excluding steroid dienone is 1. The summed E-state index contributed by atoms with van der Waals surface area (Å²) in [5.41, 5.74) is 0.688. The summed E-state index contributed by atoms with van der Waals surface area (Å²) in [5, 5.41) is 8.80. The van der Waals surface area contributed by atoms with Crippen molar-refractivity contribution in [3.8, 4) is 0 Å². The van der Waals surface area contributed by atoms with Crippen molar-refractivity contribution in [3.05, 3.63) is 11.8 Å². The lowest BCUT2D eigenvalue weighted by Crippen LogP contribution is -2.33. The number of hydrogen-bond acceptors (Lipinski definition) is 2. The zero-order chi connectivity index (χ0) is 7.84. The number of rotatable bonds is 0. The van der Waals surface area contributed by atoms with E-state index >= 15 is 0 Å². The van der Waals surface area contributed by atoms with Gasteiger partial charge in [-0.3, -0.25) is 4.79 Å². The van der Waals surface area contributed by atoms with Crippen molar-refractivity contribution in [2.45, 2.75) is 25.7 Å². The molecule has 3 saturated carbocycles. The third-order valence-electron chi connectivity index (χ3n) is 2.96. The predicted octanol–water partition coefficient (Wildman–Crippen LogP) is 1.82. The molecule has 0 heterocycles. The summed E-state index contributed by atoms with van der Waals surface area (Å²) >= 11 is 0. The lowest BCUT2D eigenvalue weighted by molar-refractivity contribution is -0.123. The number of ketones is 1. The van der Waals surface area contributed by atoms with Gasteiger partial charge in [-0.25, -0.2) is 0 Å². The number of Topliss-reactive ketones (excluding diaryl/α,β-unsaturated/α-hetero) is 1. The van der Waals surface area contributed by atoms with Gasteiger partial charge in [0.25, 0.3) is 0 Å². The van der Waals surface area contributed by atoms with E-state index in [1.165, 1.54) is 0 Å². The summed E-state index contributed by atoms with van der Waals surface area (Å²) in [6.07, 6.45) is 5.31. The van der Waals surface area contributed by atoms with Crippen LogP contribution in [-0.2, 0) is 4.79 Å². The first-order chi connectivity index (χ1) is 5.33. The van der Waals surface area contributed by atoms with Gasteiger partial charge in [0, 0.05) is 11.5 Å². The molecule has 11 heavy (non-hydrogen) atoms. The maximum atomic E-state index is 11.4. The van der Waals surface area contributed by atoms with Gasteiger partial charge in [-0.15, -0.1) is 0 Å². The summed E-state index contributed by atoms with van der Waals surface area (Å²) in [6.45, 7) is 0. The molecule has 1 N–H and O–H groups in total. The van der Waals surface area contributed by atoms with Crippen LogP contribution in [0.5, 0.6) is 0 Å². The number of carbonyl (C=O) groups excluding carboxylic acids is 1. The fourth-order valence-corrected chi connectivity index (χ4v) is 2.27. The highest BCUT2D eigenvalue weighted by Crippen LogP contribution is 2.41. The molecule has 0 unspecified atom stereocenters. The monoisotopic (exact) mass is 152 g/mol. The quantitative estimate of drug-likeness (QED) is 0.424. The van der Waals surface area contributed by atoms with E-state index in [0.29, 0.717) is 11.5 Å². The lowest BCUT2D eigenvalue weighted by atomic mass is 9.67. The molecule has 0 amide bonds. The Labute approximate surface area is 65.9 Å². The first-order valence-corrected chi connectivity index (χ1v) is 4.21. The van der Waals surface area contributed by atoms with E-state index in [0.717, 1.165) is 31.9 Å². The first kappa shape index (κ1) is 6.89. The minimum Gasteiger partial charge on any atom is -0.515 e. The van der Waals surface area contributed by atoms with E-state index in [4.69, 9.17) is 5.11 Å². The highest BCUT2D eigenvalue weighted by Gasteiger charge is 2.38. The highest BCUT2D eigenvalue weighted by atomic mass is 16.2. The van der Waals surface area contributed by atoms with Crippen LogP contribution in [0.15, 0.2) is 11.8 Å². The molecule has 3 aliphatic carbocycles. The Kier molecular flexibility index (Phi) is 1.48. The van der Waals surface area contributed by atoms with Gasteiger partial charge >= 0.3 is 0 Å². The van der Waals surface area contributed by atoms with Crippen molar-refractivity contribution in [2.24, 2.45) is 11.8 Å². The van der Waals surface area contributed by atoms with Gasteiger partial charge in [0.15, 0.2) is 5.78 Å². The Morgan fingerprint density at radius 3 is 2.09 bits per heavy atom. The molecule has 60 valence electrons. The molecule has 0 atom stereocenters. The summed E-state index contributed by atoms with van der Waals surface area (Å²) in [4.78, 5) is 11.4. The van der Waals surface area contributed by atoms with Crippen LogP contribution >= 0.6 is 0 Å². The van der Waals surface area contributed by atoms with E-state index < -0.39 is 0 Å². The van der Waals surface area contributed by atoms with Crippen molar-refractivity contribution in [2.75, 3.05) is 0 Å². The molecule has 0 saturated heterocycles. The van der Waals surface area contributed by atoms with E-state index in [-0.39, 0.29) is 11.7 Å². The molecule has 3 fully saturated rings. The summed E-state index contributed by atoms with van der Waals surface area (Å²) < 4.78 is 0. The summed E-state index contributed by atoms with van der Waals surface area (Å²) in [6, 6.07) is 0. The second kappa shape index (κ2) is 2.36. The number of aliphatic hydroxyl groups excluding tert-OH is 1. The largest absolute Gasteiger partial charge is 0.515 e. The Morgan fingerprint density at radius 1 is 1.18 bits per heavy atom. The predicted molar refractivity (Wildman–Crippen MR) is 41.2 cm³/mol. The van der Waals surface area contributed by atoms with Crippen molar-refractivity contribution in [1.82, 2.24) is 0 Å². The molecule has 2 heteroatoms. The number of fused-ring (bicyclic) bond motifs is 3. The standard InChI is InChI=1S/C9H12O2/c10-5-8-6-1-3-7(4-2-6)9(8)11/h5-7,10H,1-4H2/b8-5-. The molecule has 0 aromatic heterocycles. The maximum Gasteiger partial charge on any atom is 0.165 e. The second-order valence-electron chi connectivity index (χ2n) is 3.50. The molecule has 0 radical (unpaired) electrons. The van der Waals surface area contributed by atoms with Crippen LogP contribution in [-0.4, -0.2) is 10.9 Å². The van der Waals surface area contributed by atoms with Crippen LogP contribution in [0.1, 0.15) is 25.7 Å². The molecule has 0 aromatic rings. The summed E-state index contributed by atoms with van der Waals surface area (Å²) in [7, 11) is 0. The van der Waals surface area contributed by atoms with Crippen molar-refractivity contribution >= 4 is 5.78 Å². The van der Waals surface area contributed by atoms with Crippen LogP contribution in [0, 0.1) is 11.8 Å². The fourth-order valence-electron chi connectivity index (χ4n) is 2.27. The highest BCUT2D eigenvalue weighted by molar-refractivity contribution is 5.98. The maximum absolute atomic E-state index is 11.4. The molecule has 3 rings (SSSR count). The van der Waals surface area contributed by atoms with Crippen LogP contribution in [0.25, 0.3) is 0 Å². The topological polar surface area (TPSA) is 37.3 Å². The molecule has 0 aromatic carbocycles. The van der Waals surface area contributed by atoms with Crippen molar-refractivity contribution in [3.63, 3.8) is 0 Å². The second-order valence-corrected chi connectivity index (χ2v) is 3.50. The number of aliphatic hydroxyl groups is 1. The Hall–Kier alpha value is -0.790. The zero-order valence-electron chi connectivity index (χ0n) is 6.42. The summed E-state index contributed by atoms with van der Waals surface area (Å²) in [5.74, 6) is 0.811. The van der Waals surface area contributed by atoms with Gasteiger partial charge in [-0.05, 0) is 31.6 Å². The number of hydrogen-bond donors (Lipinski definition) is 1. The minimum atomic E-state index is 0.204. The third-order valence-corrected chi connectivity index (χ3v) is 2.96. The SMILES string of the molecule is O=C1/C(=C\O)C2CCC1CC2. The number of carbonyl (C=O) groups is 1. The average molecular weight is 152 g/mol. The van der Waals surface area contributed by atoms with Gasteiger partial charge < -0.3 is 5.11 Å². The normalized spacial score (nSPS) is 40.0. The van der Waals surface area contributed by atoms with Crippen LogP contribution in [0.2, 0.25) is 0 Å². The third kappa shape index (κ3) is 0.889. The molecule has 2 bridgehead atoms. The minimum absolute atomic E-state index is 0.204. The van der Waals surface area contributed by atoms with Gasteiger partial charge in [0.1, 0.15) is 0 Å². The Bertz CT molecular complexity index is 210. The average Bonchev–Trinajstić information content (AvgIpc) is 2.06. The fraction of sp³-hybridized carbons (Fsp3) is 0.667. The Morgan fingerprint density at radius 2 is 1.73 bits per heavy atom. The van der Waals surface area contributed by atoms with E-state index in [9.17, 15) is 4.79 Å². The van der Waals surface area contributed by atoms with E-state index in [1.54, 1.807) is 0 Å². The molecule has 3 aliphatic rings. The molecular formula is C9H12O2. The van der Waals surface area contributed by atoms with Crippen LogP contribution < -0.4 is 0 Å².